The molecule has 230 valence electrons. The van der Waals surface area contributed by atoms with Crippen LogP contribution in [0.15, 0.2) is 88.8 Å². The average Bonchev–Trinajstić information content (AvgIpc) is 3.70. The smallest absolute Gasteiger partial charge is 0.356 e. The Bertz CT molecular complexity index is 1740. The summed E-state index contributed by atoms with van der Waals surface area (Å²) >= 11 is 3.98. The van der Waals surface area contributed by atoms with Crippen LogP contribution in [0.2, 0.25) is 0 Å². The summed E-state index contributed by atoms with van der Waals surface area (Å²) in [6.07, 6.45) is 2.75. The molecule has 2 amide bonds. The second-order valence-electron chi connectivity index (χ2n) is 10.0. The van der Waals surface area contributed by atoms with Crippen molar-refractivity contribution in [2.75, 3.05) is 11.5 Å². The van der Waals surface area contributed by atoms with Crippen LogP contribution < -0.4 is 11.1 Å². The number of oxime groups is 1. The van der Waals surface area contributed by atoms with Gasteiger partial charge in [0.05, 0.1) is 6.20 Å². The van der Waals surface area contributed by atoms with Crippen LogP contribution in [-0.4, -0.2) is 66.0 Å². The fraction of sp³-hybridized carbons (Fsp3) is 0.200. The van der Waals surface area contributed by atoms with Crippen LogP contribution in [0.25, 0.3) is 0 Å². The van der Waals surface area contributed by atoms with E-state index in [-0.39, 0.29) is 22.2 Å². The number of carbonyl (C=O) groups is 3. The van der Waals surface area contributed by atoms with Gasteiger partial charge in [0.25, 0.3) is 11.8 Å². The van der Waals surface area contributed by atoms with Crippen molar-refractivity contribution in [1.82, 2.24) is 25.4 Å². The SMILES string of the molecule is Cc1sc(N)nc1/C(=N/O)C(=O)N[C@@H]1C(=O)N2C(C(=O)OC(c3ccccc3)c3ccccc3)=C(SCc3cn[nH]c3)CS[C@@H]12. The van der Waals surface area contributed by atoms with Crippen molar-refractivity contribution in [3.63, 3.8) is 0 Å². The number of nitrogens with two attached hydrogens (primary N) is 1. The molecule has 2 aliphatic rings. The molecule has 2 aliphatic heterocycles. The van der Waals surface area contributed by atoms with Gasteiger partial charge in [-0.3, -0.25) is 19.6 Å². The number of aromatic amines is 1. The summed E-state index contributed by atoms with van der Waals surface area (Å²) in [6.45, 7) is 1.69. The average molecular weight is 662 g/mol. The van der Waals surface area contributed by atoms with E-state index in [1.807, 2.05) is 60.7 Å². The van der Waals surface area contributed by atoms with Crippen molar-refractivity contribution < 1.29 is 24.3 Å². The van der Waals surface area contributed by atoms with Gasteiger partial charge in [-0.15, -0.1) is 34.9 Å². The maximum Gasteiger partial charge on any atom is 0.356 e. The van der Waals surface area contributed by atoms with Gasteiger partial charge in [-0.05, 0) is 18.1 Å². The lowest BCUT2D eigenvalue weighted by molar-refractivity contribution is -0.154. The molecule has 4 heterocycles. The van der Waals surface area contributed by atoms with Gasteiger partial charge >= 0.3 is 5.97 Å². The van der Waals surface area contributed by atoms with Gasteiger partial charge in [-0.25, -0.2) is 9.78 Å². The normalized spacial score (nSPS) is 18.0. The summed E-state index contributed by atoms with van der Waals surface area (Å²) in [5.41, 5.74) is 8.16. The Kier molecular flexibility index (Phi) is 8.91. The second kappa shape index (κ2) is 13.2. The monoisotopic (exact) mass is 661 g/mol. The first kappa shape index (κ1) is 30.4. The number of β-lactam (4-membered cyclic amide) rings is 1. The third-order valence-electron chi connectivity index (χ3n) is 7.16. The zero-order valence-electron chi connectivity index (χ0n) is 23.7. The van der Waals surface area contributed by atoms with Crippen molar-refractivity contribution >= 4 is 63.5 Å². The number of aryl methyl sites for hydroxylation is 1. The molecule has 0 radical (unpaired) electrons. The zero-order valence-corrected chi connectivity index (χ0v) is 26.2. The molecule has 0 bridgehead atoms. The molecule has 0 spiro atoms. The van der Waals surface area contributed by atoms with Crippen molar-refractivity contribution in [1.29, 1.82) is 0 Å². The van der Waals surface area contributed by atoms with Crippen LogP contribution in [0.3, 0.4) is 0 Å². The standard InChI is InChI=1S/C30H27N7O5S3/c1-16-21(35-30(31)45-16)22(36-41)26(38)34-23-27(39)37-24(20(15-44-28(23)37)43-14-17-12-32-33-13-17)29(40)42-25(18-8-4-2-5-9-18)19-10-6-3-7-11-19/h2-13,23,25,28,41H,14-15H2,1H3,(H2,31,35)(H,32,33)(H,34,38)/b36-22-/t23-,28+/m1/s1. The number of amides is 2. The van der Waals surface area contributed by atoms with Gasteiger partial charge in [0.15, 0.2) is 16.9 Å². The van der Waals surface area contributed by atoms with E-state index in [1.54, 1.807) is 19.3 Å². The molecule has 0 saturated carbocycles. The minimum atomic E-state index is -0.974. The van der Waals surface area contributed by atoms with Crippen LogP contribution >= 0.6 is 34.9 Å². The van der Waals surface area contributed by atoms with E-state index in [4.69, 9.17) is 10.5 Å². The number of aromatic nitrogens is 3. The lowest BCUT2D eigenvalue weighted by Gasteiger charge is -2.49. The maximum absolute atomic E-state index is 14.1. The van der Waals surface area contributed by atoms with E-state index in [2.05, 4.69) is 25.7 Å². The predicted molar refractivity (Wildman–Crippen MR) is 172 cm³/mol. The van der Waals surface area contributed by atoms with Crippen LogP contribution in [0, 0.1) is 6.92 Å². The molecule has 4 aromatic rings. The highest BCUT2D eigenvalue weighted by Crippen LogP contribution is 2.45. The summed E-state index contributed by atoms with van der Waals surface area (Å²) < 4.78 is 6.19. The zero-order chi connectivity index (χ0) is 31.5. The predicted octanol–water partition coefficient (Wildman–Crippen LogP) is 3.81. The number of hydrogen-bond acceptors (Lipinski definition) is 12. The van der Waals surface area contributed by atoms with E-state index < -0.39 is 35.3 Å². The van der Waals surface area contributed by atoms with Crippen LogP contribution in [-0.2, 0) is 24.9 Å². The van der Waals surface area contributed by atoms with Gasteiger partial charge < -0.3 is 21.0 Å². The van der Waals surface area contributed by atoms with Crippen LogP contribution in [0.4, 0.5) is 5.13 Å². The molecular weight excluding hydrogens is 635 g/mol. The first-order valence-electron chi connectivity index (χ1n) is 13.7. The van der Waals surface area contributed by atoms with Gasteiger partial charge in [0.2, 0.25) is 0 Å². The lowest BCUT2D eigenvalue weighted by Crippen LogP contribution is -2.71. The number of hydrogen-bond donors (Lipinski definition) is 4. The highest BCUT2D eigenvalue weighted by atomic mass is 32.2. The Morgan fingerprint density at radius 1 is 1.20 bits per heavy atom. The number of fused-ring (bicyclic) bond motifs is 1. The molecule has 1 fully saturated rings. The van der Waals surface area contributed by atoms with E-state index in [1.165, 1.54) is 28.4 Å². The number of ether oxygens (including phenoxy) is 1. The highest BCUT2D eigenvalue weighted by molar-refractivity contribution is 8.05. The third kappa shape index (κ3) is 6.18. The Labute approximate surface area is 270 Å². The fourth-order valence-corrected chi connectivity index (χ4v) is 8.25. The minimum Gasteiger partial charge on any atom is -0.448 e. The number of rotatable bonds is 10. The van der Waals surface area contributed by atoms with Gasteiger partial charge in [0, 0.05) is 33.0 Å². The third-order valence-corrected chi connectivity index (χ3v) is 10.6. The Balaban J connectivity index is 1.28. The molecule has 1 saturated heterocycles. The molecular formula is C30H27N7O5S3. The highest BCUT2D eigenvalue weighted by Gasteiger charge is 2.55. The topological polar surface area (TPSA) is 176 Å². The van der Waals surface area contributed by atoms with Crippen molar-refractivity contribution in [2.45, 2.75) is 30.2 Å². The summed E-state index contributed by atoms with van der Waals surface area (Å²) in [7, 11) is 0. The number of carbonyl (C=O) groups excluding carboxylic acids is 3. The van der Waals surface area contributed by atoms with Crippen LogP contribution in [0.1, 0.15) is 33.4 Å². The van der Waals surface area contributed by atoms with Gasteiger partial charge in [-0.2, -0.15) is 5.10 Å². The number of H-pyrrole nitrogens is 1. The quantitative estimate of drug-likeness (QED) is 0.0643. The van der Waals surface area contributed by atoms with E-state index in [0.29, 0.717) is 21.3 Å². The largest absolute Gasteiger partial charge is 0.448 e. The summed E-state index contributed by atoms with van der Waals surface area (Å²) in [5.74, 6) is -1.01. The van der Waals surface area contributed by atoms with E-state index >= 15 is 0 Å². The molecule has 0 unspecified atom stereocenters. The molecule has 6 rings (SSSR count). The van der Waals surface area contributed by atoms with Crippen molar-refractivity contribution in [2.24, 2.45) is 5.16 Å². The number of thioether (sulfide) groups is 2. The Morgan fingerprint density at radius 3 is 2.47 bits per heavy atom. The number of anilines is 1. The maximum atomic E-state index is 14.1. The molecule has 5 N–H and O–H groups in total. The molecule has 0 aliphatic carbocycles. The van der Waals surface area contributed by atoms with Crippen LogP contribution in [0.5, 0.6) is 0 Å². The number of esters is 1. The summed E-state index contributed by atoms with van der Waals surface area (Å²) in [6, 6.07) is 17.8. The van der Waals surface area contributed by atoms with E-state index in [0.717, 1.165) is 28.0 Å². The molecule has 2 atom stereocenters. The molecule has 15 heteroatoms. The van der Waals surface area contributed by atoms with Crippen molar-refractivity contribution in [3.05, 3.63) is 111 Å². The Morgan fingerprint density at radius 2 is 1.89 bits per heavy atom. The first-order valence-corrected chi connectivity index (χ1v) is 16.6. The number of nitrogen functional groups attached to an aromatic ring is 1. The summed E-state index contributed by atoms with van der Waals surface area (Å²) in [4.78, 5) is 47.6. The van der Waals surface area contributed by atoms with Gasteiger partial charge in [0.1, 0.15) is 22.8 Å². The molecule has 45 heavy (non-hydrogen) atoms. The number of nitrogens with one attached hydrogen (secondary N) is 2. The fourth-order valence-electron chi connectivity index (χ4n) is 5.01. The minimum absolute atomic E-state index is 0.132. The molecule has 2 aromatic carbocycles. The number of benzene rings is 2. The lowest BCUT2D eigenvalue weighted by atomic mass is 10.0. The van der Waals surface area contributed by atoms with Gasteiger partial charge in [-0.1, -0.05) is 65.8 Å². The van der Waals surface area contributed by atoms with Crippen molar-refractivity contribution in [3.8, 4) is 0 Å². The van der Waals surface area contributed by atoms with E-state index in [9.17, 15) is 19.6 Å². The number of nitrogens with zero attached hydrogens (tertiary/aromatic N) is 4. The molecule has 12 nitrogen and oxygen atoms in total. The molecule has 2 aromatic heterocycles. The second-order valence-corrected chi connectivity index (χ2v) is 13.5. The Hall–Kier alpha value is -4.60. The first-order chi connectivity index (χ1) is 21.9. The number of thiazole rings is 1. The summed E-state index contributed by atoms with van der Waals surface area (Å²) in [5, 5.41) is 21.8.